The molecule has 132 valence electrons. The third kappa shape index (κ3) is 4.37. The summed E-state index contributed by atoms with van der Waals surface area (Å²) in [6.07, 6.45) is -0.821. The lowest BCUT2D eigenvalue weighted by atomic mass is 10.1. The second kappa shape index (κ2) is 7.66. The first-order chi connectivity index (χ1) is 12.0. The maximum absolute atomic E-state index is 13.1. The van der Waals surface area contributed by atoms with Crippen LogP contribution in [0.5, 0.6) is 5.75 Å². The van der Waals surface area contributed by atoms with E-state index in [4.69, 9.17) is 9.47 Å². The Kier molecular flexibility index (Phi) is 5.34. The Labute approximate surface area is 147 Å². The molecular weight excluding hydrogens is 321 g/mol. The number of ether oxygens (including phenoxy) is 2. The minimum absolute atomic E-state index is 0.0723. The predicted molar refractivity (Wildman–Crippen MR) is 92.9 cm³/mol. The van der Waals surface area contributed by atoms with Crippen molar-refractivity contribution in [2.45, 2.75) is 26.1 Å². The van der Waals surface area contributed by atoms with Crippen molar-refractivity contribution in [1.29, 1.82) is 0 Å². The van der Waals surface area contributed by atoms with Gasteiger partial charge in [0.15, 0.2) is 6.10 Å². The van der Waals surface area contributed by atoms with Gasteiger partial charge in [-0.25, -0.2) is 4.39 Å². The fourth-order valence-electron chi connectivity index (χ4n) is 2.93. The molecule has 2 unspecified atom stereocenters. The maximum Gasteiger partial charge on any atom is 0.263 e. The van der Waals surface area contributed by atoms with E-state index in [1.165, 1.54) is 12.1 Å². The summed E-state index contributed by atoms with van der Waals surface area (Å²) in [6.45, 7) is 5.15. The number of nitrogens with zero attached hydrogens (tertiary/aromatic N) is 1. The van der Waals surface area contributed by atoms with Crippen LogP contribution in [0.15, 0.2) is 48.5 Å². The largest absolute Gasteiger partial charge is 0.481 e. The minimum Gasteiger partial charge on any atom is -0.481 e. The van der Waals surface area contributed by atoms with Gasteiger partial charge >= 0.3 is 0 Å². The van der Waals surface area contributed by atoms with Gasteiger partial charge in [0.25, 0.3) is 5.91 Å². The van der Waals surface area contributed by atoms with Crippen LogP contribution in [0.4, 0.5) is 4.39 Å². The highest BCUT2D eigenvalue weighted by Crippen LogP contribution is 2.23. The SMILES string of the molecule is Cc1cccc(OC(C)C(=O)N2CCOC(c3ccc(F)cc3)C2)c1. The smallest absolute Gasteiger partial charge is 0.263 e. The highest BCUT2D eigenvalue weighted by molar-refractivity contribution is 5.81. The summed E-state index contributed by atoms with van der Waals surface area (Å²) in [5.41, 5.74) is 1.95. The van der Waals surface area contributed by atoms with Crippen LogP contribution in [0.25, 0.3) is 0 Å². The number of benzene rings is 2. The van der Waals surface area contributed by atoms with Crippen LogP contribution < -0.4 is 4.74 Å². The fraction of sp³-hybridized carbons (Fsp3) is 0.350. The molecule has 0 radical (unpaired) electrons. The van der Waals surface area contributed by atoms with Crippen LogP contribution in [-0.2, 0) is 9.53 Å². The van der Waals surface area contributed by atoms with Crippen LogP contribution in [0.2, 0.25) is 0 Å². The van der Waals surface area contributed by atoms with Gasteiger partial charge in [0.05, 0.1) is 13.2 Å². The van der Waals surface area contributed by atoms with Crippen molar-refractivity contribution in [2.75, 3.05) is 19.7 Å². The van der Waals surface area contributed by atoms with Crippen LogP contribution in [0.3, 0.4) is 0 Å². The standard InChI is InChI=1S/C20H22FNO3/c1-14-4-3-5-18(12-14)25-15(2)20(23)22-10-11-24-19(13-22)16-6-8-17(21)9-7-16/h3-9,12,15,19H,10-11,13H2,1-2H3. The molecule has 0 saturated carbocycles. The first-order valence-corrected chi connectivity index (χ1v) is 8.42. The Bertz CT molecular complexity index is 732. The number of aryl methyl sites for hydroxylation is 1. The number of amides is 1. The van der Waals surface area contributed by atoms with Gasteiger partial charge in [-0.05, 0) is 49.2 Å². The van der Waals surface area contributed by atoms with Crippen molar-refractivity contribution in [1.82, 2.24) is 4.90 Å². The minimum atomic E-state index is -0.575. The molecule has 25 heavy (non-hydrogen) atoms. The lowest BCUT2D eigenvalue weighted by Crippen LogP contribution is -2.47. The Hall–Kier alpha value is -2.40. The molecule has 1 heterocycles. The van der Waals surface area contributed by atoms with Crippen molar-refractivity contribution in [3.05, 3.63) is 65.5 Å². The van der Waals surface area contributed by atoms with Gasteiger partial charge in [-0.15, -0.1) is 0 Å². The molecule has 2 aromatic rings. The highest BCUT2D eigenvalue weighted by atomic mass is 19.1. The molecule has 4 nitrogen and oxygen atoms in total. The Morgan fingerprint density at radius 1 is 1.28 bits per heavy atom. The van der Waals surface area contributed by atoms with Gasteiger partial charge in [-0.3, -0.25) is 4.79 Å². The quantitative estimate of drug-likeness (QED) is 0.853. The second-order valence-corrected chi connectivity index (χ2v) is 6.27. The van der Waals surface area contributed by atoms with E-state index in [1.54, 1.807) is 24.0 Å². The van der Waals surface area contributed by atoms with Gasteiger partial charge in [-0.2, -0.15) is 0 Å². The molecule has 2 aromatic carbocycles. The van der Waals surface area contributed by atoms with Gasteiger partial charge in [0, 0.05) is 6.54 Å². The summed E-state index contributed by atoms with van der Waals surface area (Å²) in [7, 11) is 0. The molecule has 1 aliphatic heterocycles. The van der Waals surface area contributed by atoms with E-state index in [9.17, 15) is 9.18 Å². The van der Waals surface area contributed by atoms with E-state index in [-0.39, 0.29) is 17.8 Å². The number of halogens is 1. The molecule has 0 bridgehead atoms. The Morgan fingerprint density at radius 3 is 2.76 bits per heavy atom. The molecule has 1 amide bonds. The molecule has 0 spiro atoms. The first kappa shape index (κ1) is 17.4. The average Bonchev–Trinajstić information content (AvgIpc) is 2.62. The molecule has 5 heteroatoms. The molecular formula is C20H22FNO3. The zero-order chi connectivity index (χ0) is 17.8. The summed E-state index contributed by atoms with van der Waals surface area (Å²) in [5.74, 6) is 0.328. The lowest BCUT2D eigenvalue weighted by Gasteiger charge is -2.34. The second-order valence-electron chi connectivity index (χ2n) is 6.27. The normalized spacial score (nSPS) is 18.7. The fourth-order valence-corrected chi connectivity index (χ4v) is 2.93. The van der Waals surface area contributed by atoms with Crippen molar-refractivity contribution in [3.63, 3.8) is 0 Å². The lowest BCUT2D eigenvalue weighted by molar-refractivity contribution is -0.145. The Balaban J connectivity index is 1.64. The van der Waals surface area contributed by atoms with Crippen LogP contribution >= 0.6 is 0 Å². The number of carbonyl (C=O) groups is 1. The third-order valence-corrected chi connectivity index (χ3v) is 4.27. The van der Waals surface area contributed by atoms with Gasteiger partial charge in [-0.1, -0.05) is 24.3 Å². The average molecular weight is 343 g/mol. The number of hydrogen-bond acceptors (Lipinski definition) is 3. The number of morpholine rings is 1. The van der Waals surface area contributed by atoms with E-state index in [1.807, 2.05) is 31.2 Å². The summed E-state index contributed by atoms with van der Waals surface area (Å²) >= 11 is 0. The van der Waals surface area contributed by atoms with Gasteiger partial charge in [0.1, 0.15) is 17.7 Å². The molecule has 0 N–H and O–H groups in total. The topological polar surface area (TPSA) is 38.8 Å². The van der Waals surface area contributed by atoms with E-state index < -0.39 is 6.10 Å². The highest BCUT2D eigenvalue weighted by Gasteiger charge is 2.29. The first-order valence-electron chi connectivity index (χ1n) is 8.42. The van der Waals surface area contributed by atoms with E-state index in [0.717, 1.165) is 11.1 Å². The van der Waals surface area contributed by atoms with Crippen LogP contribution in [0.1, 0.15) is 24.2 Å². The number of carbonyl (C=O) groups excluding carboxylic acids is 1. The van der Waals surface area contributed by atoms with Gasteiger partial charge in [0.2, 0.25) is 0 Å². The third-order valence-electron chi connectivity index (χ3n) is 4.27. The molecule has 3 rings (SSSR count). The molecule has 2 atom stereocenters. The van der Waals surface area contributed by atoms with Crippen molar-refractivity contribution < 1.29 is 18.7 Å². The summed E-state index contributed by atoms with van der Waals surface area (Å²) in [6, 6.07) is 13.8. The molecule has 0 aliphatic carbocycles. The Morgan fingerprint density at radius 2 is 2.04 bits per heavy atom. The van der Waals surface area contributed by atoms with E-state index >= 15 is 0 Å². The number of rotatable bonds is 4. The monoisotopic (exact) mass is 343 g/mol. The van der Waals surface area contributed by atoms with Crippen molar-refractivity contribution >= 4 is 5.91 Å². The zero-order valence-corrected chi connectivity index (χ0v) is 14.4. The van der Waals surface area contributed by atoms with E-state index in [2.05, 4.69) is 0 Å². The summed E-state index contributed by atoms with van der Waals surface area (Å²) in [4.78, 5) is 14.5. The van der Waals surface area contributed by atoms with Crippen LogP contribution in [-0.4, -0.2) is 36.6 Å². The molecule has 1 fully saturated rings. The van der Waals surface area contributed by atoms with Gasteiger partial charge < -0.3 is 14.4 Å². The molecule has 0 aromatic heterocycles. The van der Waals surface area contributed by atoms with Crippen LogP contribution in [0, 0.1) is 12.7 Å². The zero-order valence-electron chi connectivity index (χ0n) is 14.4. The van der Waals surface area contributed by atoms with Crippen molar-refractivity contribution in [3.8, 4) is 5.75 Å². The predicted octanol–water partition coefficient (Wildman–Crippen LogP) is 3.50. The molecule has 1 aliphatic rings. The summed E-state index contributed by atoms with van der Waals surface area (Å²) < 4.78 is 24.6. The molecule has 1 saturated heterocycles. The number of hydrogen-bond donors (Lipinski definition) is 0. The van der Waals surface area contributed by atoms with E-state index in [0.29, 0.717) is 25.4 Å². The van der Waals surface area contributed by atoms with Crippen molar-refractivity contribution in [2.24, 2.45) is 0 Å². The summed E-state index contributed by atoms with van der Waals surface area (Å²) in [5, 5.41) is 0. The maximum atomic E-state index is 13.1.